The van der Waals surface area contributed by atoms with E-state index >= 15 is 0 Å². The highest BCUT2D eigenvalue weighted by Gasteiger charge is 2.25. The van der Waals surface area contributed by atoms with Crippen molar-refractivity contribution in [3.63, 3.8) is 0 Å². The first-order valence-corrected chi connectivity index (χ1v) is 11.2. The maximum atomic E-state index is 12.9. The Balaban J connectivity index is 2.05. The van der Waals surface area contributed by atoms with Crippen LogP contribution in [0.1, 0.15) is 29.2 Å². The van der Waals surface area contributed by atoms with Gasteiger partial charge < -0.3 is 10.2 Å². The van der Waals surface area contributed by atoms with E-state index in [4.69, 9.17) is 0 Å². The van der Waals surface area contributed by atoms with Gasteiger partial charge in [-0.1, -0.05) is 57.4 Å². The number of nitrogens with one attached hydrogen (secondary N) is 1. The number of nitrogens with zero attached hydrogens (tertiary/aromatic N) is 1. The summed E-state index contributed by atoms with van der Waals surface area (Å²) >= 11 is 5.00. The molecule has 2 rings (SSSR count). The molecule has 0 saturated carbocycles. The van der Waals surface area contributed by atoms with Crippen LogP contribution in [0.2, 0.25) is 0 Å². The second-order valence-electron chi connectivity index (χ2n) is 6.93. The molecule has 0 spiro atoms. The molecule has 0 fully saturated rings. The molecule has 0 radical (unpaired) electrons. The van der Waals surface area contributed by atoms with Crippen LogP contribution in [0.4, 0.5) is 0 Å². The van der Waals surface area contributed by atoms with Gasteiger partial charge in [0.2, 0.25) is 11.8 Å². The Hall–Kier alpha value is -1.79. The van der Waals surface area contributed by atoms with E-state index in [1.54, 1.807) is 30.6 Å². The van der Waals surface area contributed by atoms with E-state index in [2.05, 4.69) is 53.3 Å². The number of halogens is 1. The summed E-state index contributed by atoms with van der Waals surface area (Å²) < 4.78 is 0.984. The molecule has 0 aliphatic carbocycles. The molecule has 0 saturated heterocycles. The van der Waals surface area contributed by atoms with E-state index in [9.17, 15) is 9.59 Å². The van der Waals surface area contributed by atoms with Crippen molar-refractivity contribution in [2.75, 3.05) is 12.8 Å². The first kappa shape index (κ1) is 22.5. The van der Waals surface area contributed by atoms with E-state index < -0.39 is 6.04 Å². The predicted molar refractivity (Wildman–Crippen MR) is 120 cm³/mol. The lowest BCUT2D eigenvalue weighted by Gasteiger charge is -2.28. The lowest BCUT2D eigenvalue weighted by atomic mass is 10.1. The SMILES string of the molecule is CNC(=O)[C@@H](C)N(Cc1ccc(Br)cc1)C(=O)CSCc1cc(C)cc(C)c1. The van der Waals surface area contributed by atoms with Crippen molar-refractivity contribution in [1.82, 2.24) is 10.2 Å². The van der Waals surface area contributed by atoms with Crippen molar-refractivity contribution < 1.29 is 9.59 Å². The first-order valence-electron chi connectivity index (χ1n) is 9.20. The van der Waals surface area contributed by atoms with Gasteiger partial charge in [-0.15, -0.1) is 11.8 Å². The van der Waals surface area contributed by atoms with Gasteiger partial charge >= 0.3 is 0 Å². The summed E-state index contributed by atoms with van der Waals surface area (Å²) in [5.41, 5.74) is 4.67. The molecule has 1 atom stereocenters. The van der Waals surface area contributed by atoms with Crippen LogP contribution < -0.4 is 5.32 Å². The monoisotopic (exact) mass is 462 g/mol. The number of rotatable bonds is 8. The maximum absolute atomic E-state index is 12.9. The van der Waals surface area contributed by atoms with Gasteiger partial charge in [0.15, 0.2) is 0 Å². The lowest BCUT2D eigenvalue weighted by molar-refractivity contribution is -0.138. The predicted octanol–water partition coefficient (Wildman–Crippen LogP) is 4.46. The highest BCUT2D eigenvalue weighted by atomic mass is 79.9. The average molecular weight is 463 g/mol. The molecule has 4 nitrogen and oxygen atoms in total. The molecule has 6 heteroatoms. The topological polar surface area (TPSA) is 49.4 Å². The third kappa shape index (κ3) is 6.67. The number of aryl methyl sites for hydroxylation is 2. The Bertz CT molecular complexity index is 804. The summed E-state index contributed by atoms with van der Waals surface area (Å²) in [6.07, 6.45) is 0. The van der Waals surface area contributed by atoms with Crippen molar-refractivity contribution >= 4 is 39.5 Å². The van der Waals surface area contributed by atoms with E-state index in [0.717, 1.165) is 15.8 Å². The Kier molecular flexibility index (Phi) is 8.58. The number of likely N-dealkylation sites (N-methyl/N-ethyl adjacent to an activating group) is 1. The lowest BCUT2D eigenvalue weighted by Crippen LogP contribution is -2.47. The Morgan fingerprint density at radius 2 is 1.68 bits per heavy atom. The molecule has 1 N–H and O–H groups in total. The molecule has 0 bridgehead atoms. The zero-order valence-corrected chi connectivity index (χ0v) is 19.2. The minimum Gasteiger partial charge on any atom is -0.357 e. The normalized spacial score (nSPS) is 11.8. The zero-order valence-electron chi connectivity index (χ0n) is 16.8. The van der Waals surface area contributed by atoms with Crippen molar-refractivity contribution in [3.05, 3.63) is 69.2 Å². The van der Waals surface area contributed by atoms with Crippen molar-refractivity contribution in [1.29, 1.82) is 0 Å². The van der Waals surface area contributed by atoms with E-state index in [1.165, 1.54) is 16.7 Å². The number of hydrogen-bond donors (Lipinski definition) is 1. The number of thioether (sulfide) groups is 1. The highest BCUT2D eigenvalue weighted by molar-refractivity contribution is 9.10. The summed E-state index contributed by atoms with van der Waals surface area (Å²) in [7, 11) is 1.59. The molecule has 28 heavy (non-hydrogen) atoms. The Morgan fingerprint density at radius 1 is 1.07 bits per heavy atom. The molecule has 0 heterocycles. The van der Waals surface area contributed by atoms with E-state index in [-0.39, 0.29) is 11.8 Å². The highest BCUT2D eigenvalue weighted by Crippen LogP contribution is 2.19. The summed E-state index contributed by atoms with van der Waals surface area (Å²) in [6, 6.07) is 13.7. The maximum Gasteiger partial charge on any atom is 0.242 e. The molecule has 2 amide bonds. The summed E-state index contributed by atoms with van der Waals surface area (Å²) in [5.74, 6) is 0.915. The minimum absolute atomic E-state index is 0.0339. The Labute approximate surface area is 180 Å². The average Bonchev–Trinajstić information content (AvgIpc) is 2.65. The molecule has 2 aromatic rings. The van der Waals surface area contributed by atoms with E-state index in [1.807, 2.05) is 24.3 Å². The van der Waals surface area contributed by atoms with Gasteiger partial charge in [0, 0.05) is 23.8 Å². The molecule has 150 valence electrons. The summed E-state index contributed by atoms with van der Waals surface area (Å²) in [4.78, 5) is 26.7. The van der Waals surface area contributed by atoms with Gasteiger partial charge in [-0.05, 0) is 44.0 Å². The van der Waals surface area contributed by atoms with Crippen LogP contribution in [0.25, 0.3) is 0 Å². The number of carbonyl (C=O) groups excluding carboxylic acids is 2. The minimum atomic E-state index is -0.525. The number of carbonyl (C=O) groups is 2. The van der Waals surface area contributed by atoms with Gasteiger partial charge in [0.25, 0.3) is 0 Å². The van der Waals surface area contributed by atoms with Crippen LogP contribution in [0.15, 0.2) is 46.9 Å². The fourth-order valence-electron chi connectivity index (χ4n) is 3.07. The van der Waals surface area contributed by atoms with Gasteiger partial charge in [-0.25, -0.2) is 0 Å². The third-order valence-electron chi connectivity index (χ3n) is 4.46. The van der Waals surface area contributed by atoms with Gasteiger partial charge in [0.1, 0.15) is 6.04 Å². The molecule has 0 aromatic heterocycles. The summed E-state index contributed by atoms with van der Waals surface area (Å²) in [6.45, 7) is 6.34. The number of hydrogen-bond acceptors (Lipinski definition) is 3. The summed E-state index contributed by atoms with van der Waals surface area (Å²) in [5, 5.41) is 2.64. The smallest absolute Gasteiger partial charge is 0.242 e. The second kappa shape index (κ2) is 10.7. The van der Waals surface area contributed by atoms with Gasteiger partial charge in [0.05, 0.1) is 5.75 Å². The van der Waals surface area contributed by atoms with Crippen molar-refractivity contribution in [2.24, 2.45) is 0 Å². The van der Waals surface area contributed by atoms with Crippen LogP contribution in [0, 0.1) is 13.8 Å². The van der Waals surface area contributed by atoms with Crippen molar-refractivity contribution in [3.8, 4) is 0 Å². The van der Waals surface area contributed by atoms with Crippen LogP contribution >= 0.6 is 27.7 Å². The van der Waals surface area contributed by atoms with Crippen LogP contribution in [-0.4, -0.2) is 35.6 Å². The largest absolute Gasteiger partial charge is 0.357 e. The molecule has 0 unspecified atom stereocenters. The second-order valence-corrected chi connectivity index (χ2v) is 8.83. The molecule has 0 aliphatic rings. The Morgan fingerprint density at radius 3 is 2.25 bits per heavy atom. The zero-order chi connectivity index (χ0) is 20.7. The molecule has 2 aromatic carbocycles. The molecular formula is C22H27BrN2O2S. The van der Waals surface area contributed by atoms with Gasteiger partial charge in [-0.2, -0.15) is 0 Å². The quantitative estimate of drug-likeness (QED) is 0.629. The van der Waals surface area contributed by atoms with Crippen molar-refractivity contribution in [2.45, 2.75) is 39.1 Å². The first-order chi connectivity index (χ1) is 13.3. The standard InChI is InChI=1S/C22H27BrN2O2S/c1-15-9-16(2)11-19(10-15)13-28-14-21(26)25(17(3)22(27)24-4)12-18-5-7-20(23)8-6-18/h5-11,17H,12-14H2,1-4H3,(H,24,27)/t17-/m1/s1. The van der Waals surface area contributed by atoms with Gasteiger partial charge in [-0.3, -0.25) is 9.59 Å². The third-order valence-corrected chi connectivity index (χ3v) is 5.97. The number of benzene rings is 2. The van der Waals surface area contributed by atoms with Crippen LogP contribution in [-0.2, 0) is 21.9 Å². The van der Waals surface area contributed by atoms with Crippen LogP contribution in [0.3, 0.4) is 0 Å². The van der Waals surface area contributed by atoms with E-state index in [0.29, 0.717) is 12.3 Å². The fraction of sp³-hybridized carbons (Fsp3) is 0.364. The molecular weight excluding hydrogens is 436 g/mol. The fourth-order valence-corrected chi connectivity index (χ4v) is 4.18. The van der Waals surface area contributed by atoms with Crippen LogP contribution in [0.5, 0.6) is 0 Å². The number of amides is 2. The molecule has 0 aliphatic heterocycles.